The average molecular weight is 178 g/mol. The molecule has 0 aliphatic heterocycles. The molecule has 0 heterocycles. The van der Waals surface area contributed by atoms with Gasteiger partial charge < -0.3 is 5.32 Å². The number of hydrogen-bond donors (Lipinski definition) is 2. The first-order valence-corrected chi connectivity index (χ1v) is 4.92. The first-order valence-electron chi connectivity index (χ1n) is 3.37. The molecule has 5 heteroatoms. The molecule has 0 saturated carbocycles. The minimum Gasteiger partial charge on any atom is -0.388 e. The van der Waals surface area contributed by atoms with Crippen LogP contribution in [0.2, 0.25) is 0 Å². The Balaban J connectivity index is 4.30. The normalized spacial score (nSPS) is 13.2. The Labute approximate surface area is 67.7 Å². The van der Waals surface area contributed by atoms with E-state index in [1.54, 1.807) is 6.92 Å². The molecular weight excluding hydrogens is 164 g/mol. The van der Waals surface area contributed by atoms with E-state index in [1.807, 2.05) is 6.92 Å². The van der Waals surface area contributed by atoms with Gasteiger partial charge in [-0.05, 0) is 20.9 Å². The maximum Gasteiger partial charge on any atom is 0.235 e. The highest BCUT2D eigenvalue weighted by Gasteiger charge is 2.00. The summed E-state index contributed by atoms with van der Waals surface area (Å²) in [6.07, 6.45) is 0. The summed E-state index contributed by atoms with van der Waals surface area (Å²) in [5.74, 6) is 0. The van der Waals surface area contributed by atoms with Crippen molar-refractivity contribution in [2.45, 2.75) is 13.8 Å². The molecule has 0 bridgehead atoms. The first-order chi connectivity index (χ1) is 5.02. The van der Waals surface area contributed by atoms with E-state index in [2.05, 4.69) is 10.0 Å². The molecule has 0 spiro atoms. The molecule has 0 aliphatic rings. The lowest BCUT2D eigenvalue weighted by atomic mass is 10.5. The van der Waals surface area contributed by atoms with Gasteiger partial charge in [-0.15, -0.1) is 0 Å². The fraction of sp³-hybridized carbons (Fsp3) is 0.667. The molecule has 0 unspecified atom stereocenters. The van der Waals surface area contributed by atoms with Crippen molar-refractivity contribution in [2.75, 3.05) is 13.6 Å². The third-order valence-electron chi connectivity index (χ3n) is 1.07. The molecule has 0 aromatic carbocycles. The van der Waals surface area contributed by atoms with Gasteiger partial charge in [-0.25, -0.2) is 13.1 Å². The summed E-state index contributed by atoms with van der Waals surface area (Å²) in [5, 5.41) is 4.04. The molecule has 0 aromatic rings. The minimum atomic E-state index is -3.22. The lowest BCUT2D eigenvalue weighted by molar-refractivity contribution is 0.596. The first kappa shape index (κ1) is 10.4. The minimum absolute atomic E-state index is 0.641. The van der Waals surface area contributed by atoms with Crippen LogP contribution in [0.4, 0.5) is 0 Å². The zero-order valence-corrected chi connectivity index (χ0v) is 7.83. The predicted molar refractivity (Wildman–Crippen MR) is 45.4 cm³/mol. The molecule has 11 heavy (non-hydrogen) atoms. The van der Waals surface area contributed by atoms with E-state index >= 15 is 0 Å². The third-order valence-corrected chi connectivity index (χ3v) is 2.30. The number of allylic oxidation sites excluding steroid dienone is 1. The summed E-state index contributed by atoms with van der Waals surface area (Å²) in [6.45, 7) is 4.34. The van der Waals surface area contributed by atoms with Crippen LogP contribution in [0.25, 0.3) is 0 Å². The topological polar surface area (TPSA) is 58.2 Å². The van der Waals surface area contributed by atoms with E-state index in [4.69, 9.17) is 0 Å². The van der Waals surface area contributed by atoms with Gasteiger partial charge in [0.2, 0.25) is 10.0 Å². The summed E-state index contributed by atoms with van der Waals surface area (Å²) in [7, 11) is -1.84. The van der Waals surface area contributed by atoms with Crippen LogP contribution in [0.1, 0.15) is 13.8 Å². The lowest BCUT2D eigenvalue weighted by Gasteiger charge is -2.01. The zero-order valence-electron chi connectivity index (χ0n) is 7.01. The maximum atomic E-state index is 10.9. The van der Waals surface area contributed by atoms with Crippen LogP contribution in [0.5, 0.6) is 0 Å². The monoisotopic (exact) mass is 178 g/mol. The van der Waals surface area contributed by atoms with Gasteiger partial charge in [-0.1, -0.05) is 0 Å². The second-order valence-electron chi connectivity index (χ2n) is 2.08. The summed E-state index contributed by atoms with van der Waals surface area (Å²) in [6, 6.07) is 0. The van der Waals surface area contributed by atoms with Crippen molar-refractivity contribution in [1.29, 1.82) is 0 Å². The highest BCUT2D eigenvalue weighted by molar-refractivity contribution is 7.92. The van der Waals surface area contributed by atoms with Crippen LogP contribution in [0.15, 0.2) is 11.1 Å². The average Bonchev–Trinajstić information content (AvgIpc) is 1.87. The summed E-state index contributed by atoms with van der Waals surface area (Å²) in [5.41, 5.74) is 0.641. The second-order valence-corrected chi connectivity index (χ2v) is 3.81. The zero-order chi connectivity index (χ0) is 8.91. The third kappa shape index (κ3) is 4.80. The van der Waals surface area contributed by atoms with Crippen LogP contribution in [-0.4, -0.2) is 22.0 Å². The van der Waals surface area contributed by atoms with Crippen LogP contribution in [-0.2, 0) is 10.0 Å². The molecule has 0 rings (SSSR count). The van der Waals surface area contributed by atoms with Crippen molar-refractivity contribution >= 4 is 10.0 Å². The van der Waals surface area contributed by atoms with Crippen LogP contribution in [0.3, 0.4) is 0 Å². The Bertz CT molecular complexity index is 231. The van der Waals surface area contributed by atoms with Crippen LogP contribution >= 0.6 is 0 Å². The van der Waals surface area contributed by atoms with Crippen molar-refractivity contribution in [3.63, 3.8) is 0 Å². The van der Waals surface area contributed by atoms with Gasteiger partial charge in [0.15, 0.2) is 0 Å². The van der Waals surface area contributed by atoms with E-state index < -0.39 is 10.0 Å². The fourth-order valence-electron chi connectivity index (χ4n) is 0.612. The Morgan fingerprint density at radius 3 is 2.45 bits per heavy atom. The maximum absolute atomic E-state index is 10.9. The van der Waals surface area contributed by atoms with Crippen molar-refractivity contribution in [3.8, 4) is 0 Å². The van der Waals surface area contributed by atoms with Gasteiger partial charge >= 0.3 is 0 Å². The smallest absolute Gasteiger partial charge is 0.235 e. The molecule has 0 fully saturated rings. The van der Waals surface area contributed by atoms with Crippen molar-refractivity contribution < 1.29 is 8.42 Å². The Morgan fingerprint density at radius 2 is 2.09 bits per heavy atom. The second kappa shape index (κ2) is 4.35. The van der Waals surface area contributed by atoms with E-state index in [-0.39, 0.29) is 0 Å². The van der Waals surface area contributed by atoms with Crippen LogP contribution in [0, 0.1) is 0 Å². The Morgan fingerprint density at radius 1 is 1.55 bits per heavy atom. The standard InChI is InChI=1S/C6H14N2O2S/c1-4-8-6(2)5-11(9,10)7-3/h5,7-8H,4H2,1-3H3/b6-5-. The van der Waals surface area contributed by atoms with Gasteiger partial charge in [-0.3, -0.25) is 0 Å². The van der Waals surface area contributed by atoms with Crippen molar-refractivity contribution in [2.24, 2.45) is 0 Å². The highest BCUT2D eigenvalue weighted by Crippen LogP contribution is 1.91. The van der Waals surface area contributed by atoms with E-state index in [0.717, 1.165) is 12.0 Å². The Hall–Kier alpha value is -0.550. The molecule has 4 nitrogen and oxygen atoms in total. The fourth-order valence-corrected chi connectivity index (χ4v) is 1.28. The van der Waals surface area contributed by atoms with E-state index in [1.165, 1.54) is 7.05 Å². The van der Waals surface area contributed by atoms with Crippen molar-refractivity contribution in [3.05, 3.63) is 11.1 Å². The molecule has 0 radical (unpaired) electrons. The van der Waals surface area contributed by atoms with Crippen molar-refractivity contribution in [1.82, 2.24) is 10.0 Å². The molecule has 0 aromatic heterocycles. The predicted octanol–water partition coefficient (Wildman–Crippen LogP) is 0.00640. The van der Waals surface area contributed by atoms with E-state index in [9.17, 15) is 8.42 Å². The molecule has 0 atom stereocenters. The highest BCUT2D eigenvalue weighted by atomic mass is 32.2. The largest absolute Gasteiger partial charge is 0.388 e. The summed E-state index contributed by atoms with van der Waals surface area (Å²) >= 11 is 0. The van der Waals surface area contributed by atoms with Crippen LogP contribution < -0.4 is 10.0 Å². The summed E-state index contributed by atoms with van der Waals surface area (Å²) < 4.78 is 23.9. The number of hydrogen-bond acceptors (Lipinski definition) is 3. The number of sulfonamides is 1. The lowest BCUT2D eigenvalue weighted by Crippen LogP contribution is -2.18. The molecule has 0 aliphatic carbocycles. The molecule has 0 saturated heterocycles. The van der Waals surface area contributed by atoms with Gasteiger partial charge in [-0.2, -0.15) is 0 Å². The molecule has 0 amide bonds. The number of rotatable bonds is 4. The number of nitrogens with one attached hydrogen (secondary N) is 2. The quantitative estimate of drug-likeness (QED) is 0.637. The molecule has 66 valence electrons. The van der Waals surface area contributed by atoms with E-state index in [0.29, 0.717) is 5.70 Å². The SMILES string of the molecule is CCN/C(C)=C\S(=O)(=O)NC. The molecule has 2 N–H and O–H groups in total. The van der Waals surface area contributed by atoms with Gasteiger partial charge in [0.05, 0.1) is 5.41 Å². The Kier molecular flexibility index (Phi) is 4.14. The van der Waals surface area contributed by atoms with Gasteiger partial charge in [0, 0.05) is 12.2 Å². The van der Waals surface area contributed by atoms with Gasteiger partial charge in [0.1, 0.15) is 0 Å². The van der Waals surface area contributed by atoms with Gasteiger partial charge in [0.25, 0.3) is 0 Å². The molecular formula is C6H14N2O2S. The summed E-state index contributed by atoms with van der Waals surface area (Å²) in [4.78, 5) is 0.